The van der Waals surface area contributed by atoms with Crippen LogP contribution in [-0.2, 0) is 19.6 Å². The van der Waals surface area contributed by atoms with E-state index in [0.29, 0.717) is 6.04 Å². The number of ether oxygens (including phenoxy) is 1. The van der Waals surface area contributed by atoms with E-state index in [9.17, 15) is 13.2 Å². The molecule has 1 aliphatic rings. The Bertz CT molecular complexity index is 442. The van der Waals surface area contributed by atoms with E-state index in [1.165, 1.54) is 11.4 Å². The number of sulfonamides is 1. The van der Waals surface area contributed by atoms with Gasteiger partial charge in [-0.15, -0.1) is 0 Å². The highest BCUT2D eigenvalue weighted by atomic mass is 32.2. The second-order valence-electron chi connectivity index (χ2n) is 6.24. The quantitative estimate of drug-likeness (QED) is 0.435. The average molecular weight is 293 g/mol. The van der Waals surface area contributed by atoms with Gasteiger partial charge in [-0.05, 0) is 19.9 Å². The molecule has 0 aromatic heterocycles. The molecule has 1 unspecified atom stereocenters. The van der Waals surface area contributed by atoms with Crippen LogP contribution in [0, 0.1) is 0 Å². The Balaban J connectivity index is 2.81. The average Bonchev–Trinajstić information content (AvgIpc) is 2.79. The Morgan fingerprint density at radius 3 is 2.28 bits per heavy atom. The molecular weight excluding hydrogens is 270 g/mol. The molecule has 1 saturated heterocycles. The smallest absolute Gasteiger partial charge is 0.328 e. The maximum Gasteiger partial charge on any atom is 0.328 e. The number of nitrogens with zero attached hydrogens (tertiary/aromatic N) is 1. The molecule has 0 N–H and O–H groups in total. The van der Waals surface area contributed by atoms with Crippen molar-refractivity contribution >= 4 is 24.1 Å². The Hall–Kier alpha value is -0.403. The summed E-state index contributed by atoms with van der Waals surface area (Å²) in [7, 11) is -3.49. The van der Waals surface area contributed by atoms with Crippen LogP contribution in [0.15, 0.2) is 0 Å². The van der Waals surface area contributed by atoms with Crippen LogP contribution in [-0.4, -0.2) is 51.2 Å². The normalized spacial score (nSPS) is 32.1. The molecule has 18 heavy (non-hydrogen) atoms. The lowest BCUT2D eigenvalue weighted by atomic mass is 10.1. The van der Waals surface area contributed by atoms with Crippen molar-refractivity contribution in [3.63, 3.8) is 0 Å². The van der Waals surface area contributed by atoms with Crippen LogP contribution in [0.2, 0.25) is 25.7 Å². The molecule has 0 radical (unpaired) electrons. The predicted molar refractivity (Wildman–Crippen MR) is 73.7 cm³/mol. The van der Waals surface area contributed by atoms with Gasteiger partial charge in [-0.2, -0.15) is 4.31 Å². The van der Waals surface area contributed by atoms with Gasteiger partial charge in [-0.3, -0.25) is 0 Å². The Labute approximate surface area is 111 Å². The molecule has 0 saturated carbocycles. The van der Waals surface area contributed by atoms with E-state index >= 15 is 0 Å². The third-order valence-electron chi connectivity index (χ3n) is 3.56. The number of hydrogen-bond acceptors (Lipinski definition) is 4. The number of methoxy groups -OCH3 is 1. The summed E-state index contributed by atoms with van der Waals surface area (Å²) in [5.41, 5.74) is -1.01. The van der Waals surface area contributed by atoms with Crippen molar-refractivity contribution < 1.29 is 17.9 Å². The SMILES string of the molecule is COC(=O)[C@@]1(C)[C@H](C)N1S(=O)(=O)CC[Si](C)(C)C. The van der Waals surface area contributed by atoms with Gasteiger partial charge in [0.25, 0.3) is 0 Å². The third kappa shape index (κ3) is 2.78. The molecule has 1 aliphatic heterocycles. The zero-order valence-corrected chi connectivity index (χ0v) is 13.8. The van der Waals surface area contributed by atoms with Crippen LogP contribution in [0.25, 0.3) is 0 Å². The first-order valence-electron chi connectivity index (χ1n) is 6.07. The molecule has 5 nitrogen and oxygen atoms in total. The molecule has 3 atom stereocenters. The van der Waals surface area contributed by atoms with Gasteiger partial charge in [0.2, 0.25) is 10.0 Å². The van der Waals surface area contributed by atoms with Gasteiger partial charge in [0.1, 0.15) is 5.54 Å². The van der Waals surface area contributed by atoms with E-state index < -0.39 is 29.6 Å². The van der Waals surface area contributed by atoms with E-state index in [2.05, 4.69) is 24.4 Å². The van der Waals surface area contributed by atoms with Gasteiger partial charge >= 0.3 is 5.97 Å². The number of esters is 1. The topological polar surface area (TPSA) is 63.5 Å². The molecule has 0 spiro atoms. The standard InChI is InChI=1S/C11H23NO4SSi/c1-9-11(2,10(13)16-3)12(9)17(14,15)7-8-18(4,5)6/h9H,7-8H2,1-6H3/t9-,11+,12?/m0/s1. The van der Waals surface area contributed by atoms with Crippen LogP contribution in [0.3, 0.4) is 0 Å². The Morgan fingerprint density at radius 2 is 1.89 bits per heavy atom. The molecule has 0 amide bonds. The lowest BCUT2D eigenvalue weighted by Crippen LogP contribution is -2.33. The summed E-state index contributed by atoms with van der Waals surface area (Å²) < 4.78 is 30.4. The number of carbonyl (C=O) groups excluding carboxylic acids is 1. The molecule has 1 rings (SSSR count). The minimum absolute atomic E-state index is 0.125. The lowest BCUT2D eigenvalue weighted by Gasteiger charge is -2.17. The van der Waals surface area contributed by atoms with Crippen LogP contribution < -0.4 is 0 Å². The first kappa shape index (κ1) is 15.7. The molecule has 1 heterocycles. The van der Waals surface area contributed by atoms with Crippen LogP contribution in [0.5, 0.6) is 0 Å². The van der Waals surface area contributed by atoms with Crippen molar-refractivity contribution in [2.24, 2.45) is 0 Å². The number of carbonyl (C=O) groups is 1. The minimum atomic E-state index is -3.36. The van der Waals surface area contributed by atoms with Crippen LogP contribution >= 0.6 is 0 Å². The fourth-order valence-electron chi connectivity index (χ4n) is 2.05. The predicted octanol–water partition coefficient (Wildman–Crippen LogP) is 1.29. The fourth-order valence-corrected chi connectivity index (χ4v) is 7.17. The van der Waals surface area contributed by atoms with Gasteiger partial charge < -0.3 is 4.74 Å². The van der Waals surface area contributed by atoms with Gasteiger partial charge in [0, 0.05) is 8.07 Å². The molecule has 106 valence electrons. The van der Waals surface area contributed by atoms with E-state index in [-0.39, 0.29) is 11.8 Å². The molecular formula is C11H23NO4SSi. The maximum absolute atomic E-state index is 12.2. The van der Waals surface area contributed by atoms with Crippen LogP contribution in [0.4, 0.5) is 0 Å². The zero-order valence-electron chi connectivity index (χ0n) is 12.0. The van der Waals surface area contributed by atoms with E-state index in [1.807, 2.05) is 0 Å². The molecule has 1 fully saturated rings. The molecule has 7 heteroatoms. The van der Waals surface area contributed by atoms with Crippen molar-refractivity contribution in [2.75, 3.05) is 12.9 Å². The van der Waals surface area contributed by atoms with Crippen molar-refractivity contribution in [3.05, 3.63) is 0 Å². The lowest BCUT2D eigenvalue weighted by molar-refractivity contribution is -0.143. The van der Waals surface area contributed by atoms with Crippen molar-refractivity contribution in [1.82, 2.24) is 4.31 Å². The summed E-state index contributed by atoms with van der Waals surface area (Å²) in [4.78, 5) is 11.6. The van der Waals surface area contributed by atoms with Gasteiger partial charge in [0.15, 0.2) is 0 Å². The van der Waals surface area contributed by atoms with Gasteiger partial charge in [-0.1, -0.05) is 19.6 Å². The highest BCUT2D eigenvalue weighted by molar-refractivity contribution is 7.89. The van der Waals surface area contributed by atoms with Gasteiger partial charge in [-0.25, -0.2) is 13.2 Å². The number of rotatable bonds is 5. The molecule has 0 bridgehead atoms. The van der Waals surface area contributed by atoms with E-state index in [1.54, 1.807) is 13.8 Å². The molecule has 0 aliphatic carbocycles. The third-order valence-corrected chi connectivity index (χ3v) is 7.69. The van der Waals surface area contributed by atoms with Crippen molar-refractivity contribution in [3.8, 4) is 0 Å². The molecule has 0 aromatic rings. The van der Waals surface area contributed by atoms with Crippen LogP contribution in [0.1, 0.15) is 13.8 Å². The van der Waals surface area contributed by atoms with E-state index in [0.717, 1.165) is 0 Å². The largest absolute Gasteiger partial charge is 0.468 e. The maximum atomic E-state index is 12.2. The summed E-state index contributed by atoms with van der Waals surface area (Å²) in [6, 6.07) is 0.395. The van der Waals surface area contributed by atoms with Crippen molar-refractivity contribution in [2.45, 2.75) is 51.1 Å². The summed E-state index contributed by atoms with van der Waals surface area (Å²) >= 11 is 0. The second-order valence-corrected chi connectivity index (χ2v) is 13.8. The Kier molecular flexibility index (Phi) is 4.01. The number of hydrogen-bond donors (Lipinski definition) is 0. The summed E-state index contributed by atoms with van der Waals surface area (Å²) in [6.07, 6.45) is 0. The first-order chi connectivity index (χ1) is 7.97. The zero-order chi connectivity index (χ0) is 14.4. The minimum Gasteiger partial charge on any atom is -0.468 e. The van der Waals surface area contributed by atoms with Crippen molar-refractivity contribution in [1.29, 1.82) is 0 Å². The summed E-state index contributed by atoms with van der Waals surface area (Å²) in [5, 5.41) is 0. The summed E-state index contributed by atoms with van der Waals surface area (Å²) in [6.45, 7) is 9.76. The fraction of sp³-hybridized carbons (Fsp3) is 0.909. The highest BCUT2D eigenvalue weighted by Crippen LogP contribution is 2.44. The Morgan fingerprint density at radius 1 is 1.39 bits per heavy atom. The van der Waals surface area contributed by atoms with Gasteiger partial charge in [0.05, 0.1) is 18.9 Å². The summed E-state index contributed by atoms with van der Waals surface area (Å²) in [5.74, 6) is -0.355. The highest BCUT2D eigenvalue weighted by Gasteiger charge is 2.68. The molecule has 0 aromatic carbocycles. The monoisotopic (exact) mass is 293 g/mol. The van der Waals surface area contributed by atoms with E-state index in [4.69, 9.17) is 0 Å². The second kappa shape index (κ2) is 4.61. The first-order valence-corrected chi connectivity index (χ1v) is 11.4.